The lowest BCUT2D eigenvalue weighted by Crippen LogP contribution is -2.51. The van der Waals surface area contributed by atoms with Gasteiger partial charge in [0.1, 0.15) is 6.54 Å². The van der Waals surface area contributed by atoms with Crippen LogP contribution in [0.15, 0.2) is 0 Å². The van der Waals surface area contributed by atoms with Crippen molar-refractivity contribution < 1.29 is 14.7 Å². The molecule has 2 amide bonds. The average molecular weight is 296 g/mol. The smallest absolute Gasteiger partial charge is 0.323 e. The maximum Gasteiger partial charge on any atom is 0.323 e. The Morgan fingerprint density at radius 2 is 1.67 bits per heavy atom. The van der Waals surface area contributed by atoms with E-state index in [0.717, 1.165) is 44.9 Å². The summed E-state index contributed by atoms with van der Waals surface area (Å²) in [5.74, 6) is -0.447. The number of hydrogen-bond donors (Lipinski definition) is 2. The van der Waals surface area contributed by atoms with E-state index in [2.05, 4.69) is 12.2 Å². The predicted octanol–water partition coefficient (Wildman–Crippen LogP) is 2.99. The minimum Gasteiger partial charge on any atom is -0.480 e. The van der Waals surface area contributed by atoms with Crippen molar-refractivity contribution in [1.82, 2.24) is 10.2 Å². The molecule has 5 nitrogen and oxygen atoms in total. The zero-order valence-corrected chi connectivity index (χ0v) is 13.0. The van der Waals surface area contributed by atoms with Gasteiger partial charge in [0, 0.05) is 12.1 Å². The lowest BCUT2D eigenvalue weighted by atomic mass is 9.97. The van der Waals surface area contributed by atoms with Crippen LogP contribution in [0, 0.1) is 5.92 Å². The molecule has 0 heterocycles. The summed E-state index contributed by atoms with van der Waals surface area (Å²) in [6.07, 6.45) is 9.82. The summed E-state index contributed by atoms with van der Waals surface area (Å²) in [5, 5.41) is 12.2. The highest BCUT2D eigenvalue weighted by atomic mass is 16.4. The first-order valence-electron chi connectivity index (χ1n) is 8.37. The standard InChI is InChI=1S/C16H28N2O3/c1-12-7-3-2-4-10-14(12)17-16(21)18(11-15(19)20)13-8-5-6-9-13/h12-14H,2-11H2,1H3,(H,17,21)(H,19,20). The minimum atomic E-state index is -0.925. The predicted molar refractivity (Wildman–Crippen MR) is 81.2 cm³/mol. The SMILES string of the molecule is CC1CCCCCC1NC(=O)N(CC(=O)O)C1CCCC1. The first-order valence-corrected chi connectivity index (χ1v) is 8.37. The molecule has 2 aliphatic carbocycles. The Kier molecular flexibility index (Phi) is 5.88. The van der Waals surface area contributed by atoms with Crippen molar-refractivity contribution in [1.29, 1.82) is 0 Å². The van der Waals surface area contributed by atoms with E-state index in [1.807, 2.05) is 0 Å². The molecule has 2 fully saturated rings. The molecule has 2 rings (SSSR count). The summed E-state index contributed by atoms with van der Waals surface area (Å²) in [6.45, 7) is 2.00. The van der Waals surface area contributed by atoms with Crippen LogP contribution < -0.4 is 5.32 Å². The second-order valence-electron chi connectivity index (χ2n) is 6.63. The van der Waals surface area contributed by atoms with Crippen LogP contribution in [0.5, 0.6) is 0 Å². The number of nitrogens with zero attached hydrogens (tertiary/aromatic N) is 1. The highest BCUT2D eigenvalue weighted by molar-refractivity contribution is 5.80. The molecule has 5 heteroatoms. The number of carbonyl (C=O) groups excluding carboxylic acids is 1. The van der Waals surface area contributed by atoms with Crippen molar-refractivity contribution in [3.8, 4) is 0 Å². The minimum absolute atomic E-state index is 0.0992. The fourth-order valence-corrected chi connectivity index (χ4v) is 3.68. The third-order valence-corrected chi connectivity index (χ3v) is 5.00. The Hall–Kier alpha value is -1.26. The second kappa shape index (κ2) is 7.66. The number of hydrogen-bond acceptors (Lipinski definition) is 2. The van der Waals surface area contributed by atoms with Crippen molar-refractivity contribution >= 4 is 12.0 Å². The molecule has 0 bridgehead atoms. The molecule has 2 atom stereocenters. The lowest BCUT2D eigenvalue weighted by molar-refractivity contribution is -0.138. The van der Waals surface area contributed by atoms with Crippen molar-refractivity contribution in [2.45, 2.75) is 76.8 Å². The van der Waals surface area contributed by atoms with Crippen LogP contribution in [0.1, 0.15) is 64.7 Å². The molecule has 0 saturated heterocycles. The highest BCUT2D eigenvalue weighted by Crippen LogP contribution is 2.25. The van der Waals surface area contributed by atoms with Crippen LogP contribution in [0.25, 0.3) is 0 Å². The van der Waals surface area contributed by atoms with Crippen molar-refractivity contribution in [2.24, 2.45) is 5.92 Å². The number of rotatable bonds is 4. The summed E-state index contributed by atoms with van der Waals surface area (Å²) in [5.41, 5.74) is 0. The molecule has 0 aromatic carbocycles. The normalized spacial score (nSPS) is 27.1. The maximum absolute atomic E-state index is 12.5. The van der Waals surface area contributed by atoms with Gasteiger partial charge in [0.15, 0.2) is 0 Å². The zero-order chi connectivity index (χ0) is 15.2. The number of urea groups is 1. The number of carboxylic acid groups (broad SMARTS) is 1. The van der Waals surface area contributed by atoms with Crippen LogP contribution in [0.3, 0.4) is 0 Å². The second-order valence-corrected chi connectivity index (χ2v) is 6.63. The Morgan fingerprint density at radius 1 is 1.05 bits per heavy atom. The molecule has 2 saturated carbocycles. The summed E-state index contributed by atoms with van der Waals surface area (Å²) >= 11 is 0. The van der Waals surface area contributed by atoms with Crippen LogP contribution in [-0.2, 0) is 4.79 Å². The van der Waals surface area contributed by atoms with E-state index in [4.69, 9.17) is 5.11 Å². The number of carbonyl (C=O) groups is 2. The van der Waals surface area contributed by atoms with Crippen LogP contribution in [-0.4, -0.2) is 40.6 Å². The Balaban J connectivity index is 1.97. The molecule has 0 aromatic rings. The quantitative estimate of drug-likeness (QED) is 0.784. The van der Waals surface area contributed by atoms with Gasteiger partial charge in [0.2, 0.25) is 0 Å². The molecule has 2 N–H and O–H groups in total. The average Bonchev–Trinajstić information content (AvgIpc) is 2.89. The largest absolute Gasteiger partial charge is 0.480 e. The van der Waals surface area contributed by atoms with E-state index >= 15 is 0 Å². The third-order valence-electron chi connectivity index (χ3n) is 5.00. The molecular formula is C16H28N2O3. The van der Waals surface area contributed by atoms with Crippen molar-refractivity contribution in [3.63, 3.8) is 0 Å². The van der Waals surface area contributed by atoms with Crippen LogP contribution >= 0.6 is 0 Å². The first kappa shape index (κ1) is 16.1. The van der Waals surface area contributed by atoms with E-state index in [-0.39, 0.29) is 24.7 Å². The van der Waals surface area contributed by atoms with E-state index in [1.165, 1.54) is 12.8 Å². The van der Waals surface area contributed by atoms with Crippen LogP contribution in [0.4, 0.5) is 4.79 Å². The molecule has 21 heavy (non-hydrogen) atoms. The molecular weight excluding hydrogens is 268 g/mol. The van der Waals surface area contributed by atoms with E-state index in [0.29, 0.717) is 5.92 Å². The van der Waals surface area contributed by atoms with E-state index in [1.54, 1.807) is 4.90 Å². The van der Waals surface area contributed by atoms with Gasteiger partial charge < -0.3 is 15.3 Å². The van der Waals surface area contributed by atoms with Crippen LogP contribution in [0.2, 0.25) is 0 Å². The topological polar surface area (TPSA) is 69.6 Å². The van der Waals surface area contributed by atoms with Crippen molar-refractivity contribution in [3.05, 3.63) is 0 Å². The van der Waals surface area contributed by atoms with E-state index in [9.17, 15) is 9.59 Å². The number of carboxylic acids is 1. The number of nitrogens with one attached hydrogen (secondary N) is 1. The Bertz CT molecular complexity index is 367. The van der Waals surface area contributed by atoms with Gasteiger partial charge in [0.25, 0.3) is 0 Å². The maximum atomic E-state index is 12.5. The molecule has 2 unspecified atom stereocenters. The Morgan fingerprint density at radius 3 is 2.33 bits per heavy atom. The van der Waals surface area contributed by atoms with Gasteiger partial charge >= 0.3 is 12.0 Å². The van der Waals surface area contributed by atoms with Gasteiger partial charge in [-0.05, 0) is 31.6 Å². The van der Waals surface area contributed by atoms with Gasteiger partial charge in [-0.3, -0.25) is 4.79 Å². The summed E-state index contributed by atoms with van der Waals surface area (Å²) in [4.78, 5) is 25.2. The molecule has 0 spiro atoms. The van der Waals surface area contributed by atoms with E-state index < -0.39 is 5.97 Å². The number of aliphatic carboxylic acids is 1. The summed E-state index contributed by atoms with van der Waals surface area (Å²) in [7, 11) is 0. The first-order chi connectivity index (χ1) is 10.1. The highest BCUT2D eigenvalue weighted by Gasteiger charge is 2.30. The van der Waals surface area contributed by atoms with Crippen molar-refractivity contribution in [2.75, 3.05) is 6.54 Å². The van der Waals surface area contributed by atoms with Gasteiger partial charge in [-0.2, -0.15) is 0 Å². The molecule has 2 aliphatic rings. The van der Waals surface area contributed by atoms with Gasteiger partial charge in [0.05, 0.1) is 0 Å². The monoisotopic (exact) mass is 296 g/mol. The van der Waals surface area contributed by atoms with Gasteiger partial charge in [-0.15, -0.1) is 0 Å². The fourth-order valence-electron chi connectivity index (χ4n) is 3.68. The third kappa shape index (κ3) is 4.61. The van der Waals surface area contributed by atoms with Gasteiger partial charge in [-0.1, -0.05) is 39.0 Å². The summed E-state index contributed by atoms with van der Waals surface area (Å²) in [6, 6.07) is 0.114. The molecule has 120 valence electrons. The number of amides is 2. The van der Waals surface area contributed by atoms with Gasteiger partial charge in [-0.25, -0.2) is 4.79 Å². The Labute approximate surface area is 127 Å². The zero-order valence-electron chi connectivity index (χ0n) is 13.0. The lowest BCUT2D eigenvalue weighted by Gasteiger charge is -2.31. The fraction of sp³-hybridized carbons (Fsp3) is 0.875. The molecule has 0 aliphatic heterocycles. The molecule has 0 aromatic heterocycles. The molecule has 0 radical (unpaired) electrons. The summed E-state index contributed by atoms with van der Waals surface area (Å²) < 4.78 is 0.